The van der Waals surface area contributed by atoms with Crippen LogP contribution < -0.4 is 5.32 Å². The number of halogens is 1. The lowest BCUT2D eigenvalue weighted by atomic mass is 9.98. The van der Waals surface area contributed by atoms with Crippen molar-refractivity contribution >= 4 is 23.3 Å². The van der Waals surface area contributed by atoms with E-state index in [1.807, 2.05) is 21.7 Å². The van der Waals surface area contributed by atoms with Crippen molar-refractivity contribution in [3.63, 3.8) is 0 Å². The molecule has 6 nitrogen and oxygen atoms in total. The zero-order valence-electron chi connectivity index (χ0n) is 12.2. The van der Waals surface area contributed by atoms with Crippen molar-refractivity contribution in [1.82, 2.24) is 19.7 Å². The van der Waals surface area contributed by atoms with Crippen molar-refractivity contribution in [2.24, 2.45) is 5.92 Å². The van der Waals surface area contributed by atoms with Gasteiger partial charge in [-0.05, 0) is 30.9 Å². The summed E-state index contributed by atoms with van der Waals surface area (Å²) in [6.45, 7) is 2.27. The Hall–Kier alpha value is -2.08. The fourth-order valence-corrected chi connectivity index (χ4v) is 2.93. The van der Waals surface area contributed by atoms with E-state index in [9.17, 15) is 4.79 Å². The predicted molar refractivity (Wildman–Crippen MR) is 84.8 cm³/mol. The van der Waals surface area contributed by atoms with Gasteiger partial charge in [-0.1, -0.05) is 23.7 Å². The molecule has 2 heterocycles. The summed E-state index contributed by atoms with van der Waals surface area (Å²) in [6, 6.07) is 7.16. The average molecular weight is 320 g/mol. The number of likely N-dealkylation sites (tertiary alicyclic amines) is 1. The number of benzene rings is 1. The number of carbonyl (C=O) groups is 1. The summed E-state index contributed by atoms with van der Waals surface area (Å²) in [4.78, 5) is 18.2. The summed E-state index contributed by atoms with van der Waals surface area (Å²) in [6.07, 6.45) is 5.33. The fourth-order valence-electron chi connectivity index (χ4n) is 2.75. The first kappa shape index (κ1) is 14.8. The molecular formula is C15H18ClN5O. The third-order valence-electron chi connectivity index (χ3n) is 3.83. The molecule has 0 bridgehead atoms. The zero-order chi connectivity index (χ0) is 15.4. The minimum absolute atomic E-state index is 0.101. The topological polar surface area (TPSA) is 63.1 Å². The maximum atomic E-state index is 12.4. The van der Waals surface area contributed by atoms with Crippen molar-refractivity contribution in [3.05, 3.63) is 41.9 Å². The summed E-state index contributed by atoms with van der Waals surface area (Å²) in [5.74, 6) is 0.396. The minimum Gasteiger partial charge on any atom is -0.324 e. The van der Waals surface area contributed by atoms with Crippen LogP contribution >= 0.6 is 11.6 Å². The minimum atomic E-state index is -0.101. The Morgan fingerprint density at radius 1 is 1.41 bits per heavy atom. The van der Waals surface area contributed by atoms with Crippen LogP contribution in [0, 0.1) is 5.92 Å². The van der Waals surface area contributed by atoms with Gasteiger partial charge in [0.05, 0.1) is 10.7 Å². The second kappa shape index (κ2) is 6.79. The molecule has 0 radical (unpaired) electrons. The molecule has 2 aromatic rings. The molecule has 0 aliphatic carbocycles. The molecule has 1 atom stereocenters. The molecule has 1 N–H and O–H groups in total. The largest absolute Gasteiger partial charge is 0.324 e. The summed E-state index contributed by atoms with van der Waals surface area (Å²) in [5, 5.41) is 7.56. The van der Waals surface area contributed by atoms with Gasteiger partial charge in [-0.3, -0.25) is 4.68 Å². The van der Waals surface area contributed by atoms with E-state index in [-0.39, 0.29) is 6.03 Å². The number of anilines is 1. The second-order valence-electron chi connectivity index (χ2n) is 5.48. The van der Waals surface area contributed by atoms with Crippen LogP contribution in [0.4, 0.5) is 10.5 Å². The van der Waals surface area contributed by atoms with Crippen LogP contribution in [-0.4, -0.2) is 38.8 Å². The van der Waals surface area contributed by atoms with Gasteiger partial charge in [-0.2, -0.15) is 5.10 Å². The SMILES string of the molecule is O=C(Nc1ccccc1Cl)N1CCCC(Cn2cncn2)C1. The maximum Gasteiger partial charge on any atom is 0.321 e. The van der Waals surface area contributed by atoms with E-state index in [0.717, 1.165) is 32.5 Å². The molecule has 1 saturated heterocycles. The van der Waals surface area contributed by atoms with E-state index in [4.69, 9.17) is 11.6 Å². The molecule has 3 rings (SSSR count). The Labute approximate surface area is 134 Å². The molecule has 2 amide bonds. The number of piperidine rings is 1. The van der Waals surface area contributed by atoms with Gasteiger partial charge in [-0.25, -0.2) is 9.78 Å². The first-order valence-corrected chi connectivity index (χ1v) is 7.73. The summed E-state index contributed by atoms with van der Waals surface area (Å²) in [7, 11) is 0. The predicted octanol–water partition coefficient (Wildman–Crippen LogP) is 2.88. The molecule has 1 aromatic heterocycles. The van der Waals surface area contributed by atoms with Crippen molar-refractivity contribution in [2.45, 2.75) is 19.4 Å². The monoisotopic (exact) mass is 319 g/mol. The van der Waals surface area contributed by atoms with Crippen LogP contribution in [0.2, 0.25) is 5.02 Å². The van der Waals surface area contributed by atoms with Gasteiger partial charge in [0, 0.05) is 19.6 Å². The lowest BCUT2D eigenvalue weighted by molar-refractivity contribution is 0.168. The number of nitrogens with zero attached hydrogens (tertiary/aromatic N) is 4. The van der Waals surface area contributed by atoms with Crippen LogP contribution in [0.1, 0.15) is 12.8 Å². The van der Waals surface area contributed by atoms with Crippen LogP contribution in [0.5, 0.6) is 0 Å². The molecule has 1 fully saturated rings. The second-order valence-corrected chi connectivity index (χ2v) is 5.89. The highest BCUT2D eigenvalue weighted by atomic mass is 35.5. The number of amides is 2. The standard InChI is InChI=1S/C15H18ClN5O/c16-13-5-1-2-6-14(13)19-15(22)20-7-3-4-12(8-20)9-21-11-17-10-18-21/h1-2,5-6,10-12H,3-4,7-9H2,(H,19,22). The third kappa shape index (κ3) is 3.57. The number of urea groups is 1. The van der Waals surface area contributed by atoms with Gasteiger partial charge in [0.2, 0.25) is 0 Å². The summed E-state index contributed by atoms with van der Waals surface area (Å²) < 4.78 is 1.82. The van der Waals surface area contributed by atoms with E-state index >= 15 is 0 Å². The number of para-hydroxylation sites is 1. The first-order chi connectivity index (χ1) is 10.7. The fraction of sp³-hybridized carbons (Fsp3) is 0.400. The Bertz CT molecular complexity index is 631. The van der Waals surface area contributed by atoms with E-state index in [1.54, 1.807) is 18.5 Å². The van der Waals surface area contributed by atoms with E-state index in [2.05, 4.69) is 15.4 Å². The Morgan fingerprint density at radius 3 is 3.05 bits per heavy atom. The number of nitrogens with one attached hydrogen (secondary N) is 1. The molecule has 1 aromatic carbocycles. The van der Waals surface area contributed by atoms with E-state index in [0.29, 0.717) is 16.6 Å². The highest BCUT2D eigenvalue weighted by Crippen LogP contribution is 2.23. The van der Waals surface area contributed by atoms with Crippen LogP contribution in [-0.2, 0) is 6.54 Å². The Morgan fingerprint density at radius 2 is 2.27 bits per heavy atom. The van der Waals surface area contributed by atoms with Gasteiger partial charge in [-0.15, -0.1) is 0 Å². The number of hydrogen-bond donors (Lipinski definition) is 1. The molecule has 7 heteroatoms. The van der Waals surface area contributed by atoms with E-state index < -0.39 is 0 Å². The van der Waals surface area contributed by atoms with Crippen molar-refractivity contribution in [1.29, 1.82) is 0 Å². The summed E-state index contributed by atoms with van der Waals surface area (Å²) >= 11 is 6.08. The van der Waals surface area contributed by atoms with Crippen molar-refractivity contribution < 1.29 is 4.79 Å². The van der Waals surface area contributed by atoms with Crippen LogP contribution in [0.15, 0.2) is 36.9 Å². The van der Waals surface area contributed by atoms with Crippen LogP contribution in [0.25, 0.3) is 0 Å². The van der Waals surface area contributed by atoms with Gasteiger partial charge in [0.15, 0.2) is 0 Å². The number of rotatable bonds is 3. The van der Waals surface area contributed by atoms with Crippen molar-refractivity contribution in [2.75, 3.05) is 18.4 Å². The van der Waals surface area contributed by atoms with Crippen molar-refractivity contribution in [3.8, 4) is 0 Å². The number of hydrogen-bond acceptors (Lipinski definition) is 3. The molecule has 1 aliphatic rings. The normalized spacial score (nSPS) is 18.2. The smallest absolute Gasteiger partial charge is 0.321 e. The lowest BCUT2D eigenvalue weighted by Gasteiger charge is -2.32. The zero-order valence-corrected chi connectivity index (χ0v) is 12.9. The van der Waals surface area contributed by atoms with Crippen LogP contribution in [0.3, 0.4) is 0 Å². The highest BCUT2D eigenvalue weighted by Gasteiger charge is 2.24. The molecular weight excluding hydrogens is 302 g/mol. The van der Waals surface area contributed by atoms with E-state index in [1.165, 1.54) is 6.33 Å². The van der Waals surface area contributed by atoms with Gasteiger partial charge < -0.3 is 10.2 Å². The molecule has 22 heavy (non-hydrogen) atoms. The number of carbonyl (C=O) groups excluding carboxylic acids is 1. The van der Waals surface area contributed by atoms with Gasteiger partial charge >= 0.3 is 6.03 Å². The average Bonchev–Trinajstić information content (AvgIpc) is 3.03. The Kier molecular flexibility index (Phi) is 4.58. The van der Waals surface area contributed by atoms with Gasteiger partial charge in [0.25, 0.3) is 0 Å². The lowest BCUT2D eigenvalue weighted by Crippen LogP contribution is -2.43. The molecule has 0 saturated carbocycles. The molecule has 1 aliphatic heterocycles. The summed E-state index contributed by atoms with van der Waals surface area (Å²) in [5.41, 5.74) is 0.646. The number of aromatic nitrogens is 3. The first-order valence-electron chi connectivity index (χ1n) is 7.35. The molecule has 1 unspecified atom stereocenters. The highest BCUT2D eigenvalue weighted by molar-refractivity contribution is 6.33. The van der Waals surface area contributed by atoms with Gasteiger partial charge in [0.1, 0.15) is 12.7 Å². The Balaban J connectivity index is 1.59. The third-order valence-corrected chi connectivity index (χ3v) is 4.16. The maximum absolute atomic E-state index is 12.4. The molecule has 0 spiro atoms. The quantitative estimate of drug-likeness (QED) is 0.946. The molecule has 116 valence electrons.